The van der Waals surface area contributed by atoms with Gasteiger partial charge in [-0.25, -0.2) is 9.37 Å². The molecule has 0 spiro atoms. The second-order valence-corrected chi connectivity index (χ2v) is 2.60. The first-order chi connectivity index (χ1) is 5.63. The van der Waals surface area contributed by atoms with Crippen LogP contribution in [0.4, 0.5) is 4.39 Å². The van der Waals surface area contributed by atoms with Crippen molar-refractivity contribution >= 4 is 23.2 Å². The van der Waals surface area contributed by atoms with E-state index in [4.69, 9.17) is 23.2 Å². The van der Waals surface area contributed by atoms with Crippen molar-refractivity contribution in [1.29, 1.82) is 0 Å². The zero-order chi connectivity index (χ0) is 9.72. The first kappa shape index (κ1) is 11.7. The lowest BCUT2D eigenvalue weighted by Gasteiger charge is -1.98. The second-order valence-electron chi connectivity index (χ2n) is 1.84. The minimum atomic E-state index is -0.547. The van der Waals surface area contributed by atoms with Gasteiger partial charge in [0.25, 0.3) is 0 Å². The number of aromatic nitrogens is 1. The normalized spacial score (nSPS) is 8.83. The number of halogens is 3. The van der Waals surface area contributed by atoms with Gasteiger partial charge in [0.05, 0.1) is 5.02 Å². The number of hydrogen-bond acceptors (Lipinski definition) is 1. The molecule has 0 radical (unpaired) electrons. The fourth-order valence-electron chi connectivity index (χ4n) is 0.526. The van der Waals surface area contributed by atoms with Crippen molar-refractivity contribution in [3.63, 3.8) is 0 Å². The van der Waals surface area contributed by atoms with Crippen molar-refractivity contribution < 1.29 is 4.39 Å². The summed E-state index contributed by atoms with van der Waals surface area (Å²) in [5.41, 5.74) is 0.335. The minimum Gasteiger partial charge on any atom is -0.240 e. The Labute approximate surface area is 81.5 Å². The van der Waals surface area contributed by atoms with Crippen molar-refractivity contribution in [2.75, 3.05) is 0 Å². The molecule has 1 heterocycles. The molecule has 0 aliphatic carbocycles. The highest BCUT2D eigenvalue weighted by Gasteiger charge is 2.06. The van der Waals surface area contributed by atoms with Crippen molar-refractivity contribution in [1.82, 2.24) is 4.98 Å². The van der Waals surface area contributed by atoms with E-state index >= 15 is 0 Å². The highest BCUT2D eigenvalue weighted by Crippen LogP contribution is 2.21. The number of nitrogens with zero attached hydrogens (tertiary/aromatic N) is 1. The Morgan fingerprint density at radius 2 is 1.83 bits per heavy atom. The summed E-state index contributed by atoms with van der Waals surface area (Å²) in [6.45, 7) is 5.55. The van der Waals surface area contributed by atoms with Crippen LogP contribution in [0.3, 0.4) is 0 Å². The molecule has 0 atom stereocenters. The van der Waals surface area contributed by atoms with E-state index in [0.717, 1.165) is 0 Å². The molecule has 1 aromatic rings. The third-order valence-electron chi connectivity index (χ3n) is 1.16. The molecule has 0 saturated carbocycles. The smallest absolute Gasteiger partial charge is 0.165 e. The maximum Gasteiger partial charge on any atom is 0.165 e. The summed E-state index contributed by atoms with van der Waals surface area (Å²) in [5, 5.41) is 0.156. The molecule has 1 nitrogen and oxygen atoms in total. The van der Waals surface area contributed by atoms with Gasteiger partial charge < -0.3 is 0 Å². The van der Waals surface area contributed by atoms with Crippen molar-refractivity contribution in [2.45, 2.75) is 20.8 Å². The first-order valence-corrected chi connectivity index (χ1v) is 4.34. The molecule has 0 amide bonds. The van der Waals surface area contributed by atoms with Crippen LogP contribution in [-0.2, 0) is 0 Å². The fraction of sp³-hybridized carbons (Fsp3) is 0.375. The van der Waals surface area contributed by atoms with Crippen LogP contribution in [0, 0.1) is 12.7 Å². The predicted octanol–water partition coefficient (Wildman–Crippen LogP) is 3.86. The van der Waals surface area contributed by atoms with Gasteiger partial charge in [-0.2, -0.15) is 0 Å². The van der Waals surface area contributed by atoms with E-state index in [9.17, 15) is 4.39 Å². The molecule has 0 N–H and O–H groups in total. The highest BCUT2D eigenvalue weighted by molar-refractivity contribution is 6.32. The Morgan fingerprint density at radius 3 is 2.25 bits per heavy atom. The fourth-order valence-corrected chi connectivity index (χ4v) is 0.849. The molecule has 0 saturated heterocycles. The summed E-state index contributed by atoms with van der Waals surface area (Å²) in [7, 11) is 0. The van der Waals surface area contributed by atoms with Crippen molar-refractivity contribution in [3.8, 4) is 0 Å². The van der Waals surface area contributed by atoms with Crippen LogP contribution in [0.15, 0.2) is 6.20 Å². The summed E-state index contributed by atoms with van der Waals surface area (Å²) >= 11 is 10.9. The first-order valence-electron chi connectivity index (χ1n) is 3.59. The van der Waals surface area contributed by atoms with Gasteiger partial charge in [0.2, 0.25) is 0 Å². The lowest BCUT2D eigenvalue weighted by Crippen LogP contribution is -1.87. The molecule has 0 aliphatic rings. The molecular weight excluding hydrogens is 200 g/mol. The molecule has 0 aromatic carbocycles. The molecule has 12 heavy (non-hydrogen) atoms. The monoisotopic (exact) mass is 209 g/mol. The van der Waals surface area contributed by atoms with Crippen LogP contribution in [0.5, 0.6) is 0 Å². The SMILES string of the molecule is CC.Cc1c(Cl)cnc(Cl)c1F. The molecule has 0 bridgehead atoms. The predicted molar refractivity (Wildman–Crippen MR) is 50.3 cm³/mol. The van der Waals surface area contributed by atoms with Gasteiger partial charge in [0.1, 0.15) is 0 Å². The molecule has 1 aromatic heterocycles. The van der Waals surface area contributed by atoms with Gasteiger partial charge in [-0.3, -0.25) is 0 Å². The maximum absolute atomic E-state index is 12.7. The molecular formula is C8H10Cl2FN. The Morgan fingerprint density at radius 1 is 1.33 bits per heavy atom. The van der Waals surface area contributed by atoms with E-state index in [1.807, 2.05) is 13.8 Å². The van der Waals surface area contributed by atoms with Crippen molar-refractivity contribution in [3.05, 3.63) is 27.8 Å². The lowest BCUT2D eigenvalue weighted by atomic mass is 10.3. The summed E-state index contributed by atoms with van der Waals surface area (Å²) in [5.74, 6) is -0.547. The molecule has 1 rings (SSSR count). The average molecular weight is 210 g/mol. The van der Waals surface area contributed by atoms with Crippen LogP contribution in [-0.4, -0.2) is 4.98 Å². The Kier molecular flexibility index (Phi) is 5.18. The summed E-state index contributed by atoms with van der Waals surface area (Å²) < 4.78 is 12.7. The number of hydrogen-bond donors (Lipinski definition) is 0. The van der Waals surface area contributed by atoms with Crippen LogP contribution < -0.4 is 0 Å². The van der Waals surface area contributed by atoms with Gasteiger partial charge >= 0.3 is 0 Å². The van der Waals surface area contributed by atoms with E-state index in [1.54, 1.807) is 6.92 Å². The lowest BCUT2D eigenvalue weighted by molar-refractivity contribution is 0.612. The van der Waals surface area contributed by atoms with Crippen LogP contribution >= 0.6 is 23.2 Å². The Bertz CT molecular complexity index is 236. The largest absolute Gasteiger partial charge is 0.240 e. The Hall–Kier alpha value is -0.340. The van der Waals surface area contributed by atoms with Gasteiger partial charge in [0.15, 0.2) is 11.0 Å². The standard InChI is InChI=1S/C6H4Cl2FN.C2H6/c1-3-4(7)2-10-6(8)5(3)9;1-2/h2H,1H3;1-2H3. The molecule has 68 valence electrons. The quantitative estimate of drug-likeness (QED) is 0.592. The topological polar surface area (TPSA) is 12.9 Å². The van der Waals surface area contributed by atoms with Gasteiger partial charge in [-0.15, -0.1) is 0 Å². The Balaban J connectivity index is 0.000000561. The van der Waals surface area contributed by atoms with E-state index in [0.29, 0.717) is 10.6 Å². The van der Waals surface area contributed by atoms with E-state index in [2.05, 4.69) is 4.98 Å². The molecule has 0 aliphatic heterocycles. The zero-order valence-corrected chi connectivity index (χ0v) is 8.67. The van der Waals surface area contributed by atoms with Crippen LogP contribution in [0.25, 0.3) is 0 Å². The number of pyridine rings is 1. The number of rotatable bonds is 0. The summed E-state index contributed by atoms with van der Waals surface area (Å²) in [6, 6.07) is 0. The third-order valence-corrected chi connectivity index (χ3v) is 1.80. The second kappa shape index (κ2) is 5.33. The van der Waals surface area contributed by atoms with E-state index < -0.39 is 5.82 Å². The minimum absolute atomic E-state index is 0.137. The van der Waals surface area contributed by atoms with Gasteiger partial charge in [0, 0.05) is 11.8 Å². The maximum atomic E-state index is 12.7. The van der Waals surface area contributed by atoms with Crippen molar-refractivity contribution in [2.24, 2.45) is 0 Å². The molecule has 0 unspecified atom stereocenters. The molecule has 0 fully saturated rings. The summed E-state index contributed by atoms with van der Waals surface area (Å²) in [4.78, 5) is 3.50. The summed E-state index contributed by atoms with van der Waals surface area (Å²) in [6.07, 6.45) is 1.32. The van der Waals surface area contributed by atoms with Crippen LogP contribution in [0.1, 0.15) is 19.4 Å². The third kappa shape index (κ3) is 2.61. The average Bonchev–Trinajstić information content (AvgIpc) is 2.12. The van der Waals surface area contributed by atoms with Gasteiger partial charge in [-0.1, -0.05) is 37.0 Å². The van der Waals surface area contributed by atoms with E-state index in [1.165, 1.54) is 6.20 Å². The molecule has 4 heteroatoms. The van der Waals surface area contributed by atoms with Gasteiger partial charge in [-0.05, 0) is 6.92 Å². The highest BCUT2D eigenvalue weighted by atomic mass is 35.5. The zero-order valence-electron chi connectivity index (χ0n) is 7.16. The van der Waals surface area contributed by atoms with Crippen LogP contribution in [0.2, 0.25) is 10.2 Å². The van der Waals surface area contributed by atoms with E-state index in [-0.39, 0.29) is 5.15 Å².